The standard InChI is InChI=1S/C20H18FN7OS/c21-15-3-1-13(2-4-15)16-11-30-20(23-16)24-19(29)14-7-9-27(10-8-14)18-6-5-17-25-22-12-28(17)26-18/h1-6,11-12,14H,7-10H2,(H,23,24,29). The summed E-state index contributed by atoms with van der Waals surface area (Å²) in [6.45, 7) is 1.49. The summed E-state index contributed by atoms with van der Waals surface area (Å²) in [6, 6.07) is 9.97. The Balaban J connectivity index is 1.19. The van der Waals surface area contributed by atoms with Crippen LogP contribution in [0.5, 0.6) is 0 Å². The second kappa shape index (κ2) is 7.79. The fourth-order valence-corrected chi connectivity index (χ4v) is 4.27. The number of thiazole rings is 1. The van der Waals surface area contributed by atoms with Gasteiger partial charge in [-0.15, -0.1) is 26.6 Å². The average Bonchev–Trinajstić information content (AvgIpc) is 3.43. The van der Waals surface area contributed by atoms with E-state index in [2.05, 4.69) is 30.5 Å². The molecule has 1 aromatic carbocycles. The van der Waals surface area contributed by atoms with Gasteiger partial charge in [0.1, 0.15) is 18.0 Å². The van der Waals surface area contributed by atoms with E-state index >= 15 is 0 Å². The Labute approximate surface area is 175 Å². The van der Waals surface area contributed by atoms with Crippen molar-refractivity contribution in [3.05, 3.63) is 53.9 Å². The number of nitrogens with one attached hydrogen (secondary N) is 1. The molecule has 1 fully saturated rings. The van der Waals surface area contributed by atoms with Gasteiger partial charge in [-0.1, -0.05) is 0 Å². The summed E-state index contributed by atoms with van der Waals surface area (Å²) in [7, 11) is 0. The Morgan fingerprint density at radius 1 is 1.13 bits per heavy atom. The van der Waals surface area contributed by atoms with Crippen molar-refractivity contribution in [3.63, 3.8) is 0 Å². The normalized spacial score (nSPS) is 14.9. The highest BCUT2D eigenvalue weighted by molar-refractivity contribution is 7.14. The zero-order valence-corrected chi connectivity index (χ0v) is 16.7. The minimum absolute atomic E-state index is 0.0168. The van der Waals surface area contributed by atoms with Crippen molar-refractivity contribution >= 4 is 33.8 Å². The van der Waals surface area contributed by atoms with Crippen LogP contribution in [-0.2, 0) is 4.79 Å². The molecule has 1 amide bonds. The van der Waals surface area contributed by atoms with E-state index in [0.29, 0.717) is 10.8 Å². The van der Waals surface area contributed by atoms with Crippen LogP contribution in [0.4, 0.5) is 15.3 Å². The fourth-order valence-electron chi connectivity index (χ4n) is 3.55. The molecule has 0 bridgehead atoms. The average molecular weight is 423 g/mol. The molecule has 4 heterocycles. The number of hydrogen-bond acceptors (Lipinski definition) is 7. The van der Waals surface area contributed by atoms with Crippen LogP contribution in [0.3, 0.4) is 0 Å². The maximum absolute atomic E-state index is 13.1. The number of benzene rings is 1. The van der Waals surface area contributed by atoms with E-state index in [4.69, 9.17) is 0 Å². The van der Waals surface area contributed by atoms with Crippen LogP contribution in [0.25, 0.3) is 16.9 Å². The van der Waals surface area contributed by atoms with Crippen molar-refractivity contribution < 1.29 is 9.18 Å². The molecule has 0 spiro atoms. The third kappa shape index (κ3) is 3.73. The third-order valence-electron chi connectivity index (χ3n) is 5.21. The Bertz CT molecular complexity index is 1180. The van der Waals surface area contributed by atoms with Gasteiger partial charge in [0.25, 0.3) is 0 Å². The first kappa shape index (κ1) is 18.6. The molecular formula is C20H18FN7OS. The van der Waals surface area contributed by atoms with Gasteiger partial charge in [0, 0.05) is 30.0 Å². The second-order valence-electron chi connectivity index (χ2n) is 7.12. The maximum atomic E-state index is 13.1. The molecule has 152 valence electrons. The predicted molar refractivity (Wildman–Crippen MR) is 112 cm³/mol. The van der Waals surface area contributed by atoms with E-state index in [0.717, 1.165) is 43.0 Å². The minimum atomic E-state index is -0.286. The van der Waals surface area contributed by atoms with Gasteiger partial charge < -0.3 is 10.2 Å². The number of aromatic nitrogens is 5. The van der Waals surface area contributed by atoms with Gasteiger partial charge in [-0.3, -0.25) is 4.79 Å². The number of fused-ring (bicyclic) bond motifs is 1. The van der Waals surface area contributed by atoms with Crippen LogP contribution in [0.2, 0.25) is 0 Å². The van der Waals surface area contributed by atoms with E-state index in [1.807, 2.05) is 17.5 Å². The molecule has 1 N–H and O–H groups in total. The Kier molecular flexibility index (Phi) is 4.83. The maximum Gasteiger partial charge on any atom is 0.229 e. The number of nitrogens with zero attached hydrogens (tertiary/aromatic N) is 6. The Morgan fingerprint density at radius 2 is 1.93 bits per heavy atom. The molecule has 1 saturated heterocycles. The van der Waals surface area contributed by atoms with Gasteiger partial charge in [0.15, 0.2) is 10.8 Å². The molecule has 1 aliphatic heterocycles. The lowest BCUT2D eigenvalue weighted by atomic mass is 9.96. The molecule has 0 aliphatic carbocycles. The molecule has 30 heavy (non-hydrogen) atoms. The summed E-state index contributed by atoms with van der Waals surface area (Å²) in [5, 5.41) is 17.7. The number of carbonyl (C=O) groups excluding carboxylic acids is 1. The van der Waals surface area contributed by atoms with Crippen molar-refractivity contribution in [3.8, 4) is 11.3 Å². The molecule has 0 unspecified atom stereocenters. The molecule has 4 aromatic rings. The third-order valence-corrected chi connectivity index (χ3v) is 5.97. The molecule has 0 saturated carbocycles. The van der Waals surface area contributed by atoms with E-state index in [1.165, 1.54) is 23.5 Å². The predicted octanol–water partition coefficient (Wildman–Crippen LogP) is 3.24. The van der Waals surface area contributed by atoms with Gasteiger partial charge in [0.2, 0.25) is 5.91 Å². The van der Waals surface area contributed by atoms with Crippen molar-refractivity contribution in [2.75, 3.05) is 23.3 Å². The Hall–Kier alpha value is -3.40. The van der Waals surface area contributed by atoms with Crippen LogP contribution >= 0.6 is 11.3 Å². The zero-order valence-electron chi connectivity index (χ0n) is 15.9. The highest BCUT2D eigenvalue weighted by Gasteiger charge is 2.26. The molecule has 0 atom stereocenters. The lowest BCUT2D eigenvalue weighted by Crippen LogP contribution is -2.38. The smallest absolute Gasteiger partial charge is 0.229 e. The highest BCUT2D eigenvalue weighted by Crippen LogP contribution is 2.27. The summed E-state index contributed by atoms with van der Waals surface area (Å²) in [5.74, 6) is 0.477. The zero-order chi connectivity index (χ0) is 20.5. The number of hydrogen-bond donors (Lipinski definition) is 1. The van der Waals surface area contributed by atoms with E-state index < -0.39 is 0 Å². The summed E-state index contributed by atoms with van der Waals surface area (Å²) >= 11 is 1.37. The van der Waals surface area contributed by atoms with Crippen LogP contribution in [0.1, 0.15) is 12.8 Å². The number of amides is 1. The van der Waals surface area contributed by atoms with Crippen LogP contribution in [0, 0.1) is 11.7 Å². The number of piperidine rings is 1. The summed E-state index contributed by atoms with van der Waals surface area (Å²) in [4.78, 5) is 19.3. The summed E-state index contributed by atoms with van der Waals surface area (Å²) in [5.41, 5.74) is 2.25. The molecular weight excluding hydrogens is 405 g/mol. The largest absolute Gasteiger partial charge is 0.355 e. The van der Waals surface area contributed by atoms with Crippen LogP contribution < -0.4 is 10.2 Å². The minimum Gasteiger partial charge on any atom is -0.355 e. The van der Waals surface area contributed by atoms with Crippen LogP contribution in [-0.4, -0.2) is 43.8 Å². The Morgan fingerprint density at radius 3 is 2.73 bits per heavy atom. The van der Waals surface area contributed by atoms with Gasteiger partial charge in [-0.05, 0) is 49.2 Å². The van der Waals surface area contributed by atoms with Gasteiger partial charge in [0.05, 0.1) is 5.69 Å². The van der Waals surface area contributed by atoms with Gasteiger partial charge >= 0.3 is 0 Å². The summed E-state index contributed by atoms with van der Waals surface area (Å²) in [6.07, 6.45) is 3.06. The molecule has 8 nitrogen and oxygen atoms in total. The first-order valence-corrected chi connectivity index (χ1v) is 10.5. The molecule has 0 radical (unpaired) electrons. The second-order valence-corrected chi connectivity index (χ2v) is 7.98. The molecule has 5 rings (SSSR count). The lowest BCUT2D eigenvalue weighted by molar-refractivity contribution is -0.120. The lowest BCUT2D eigenvalue weighted by Gasteiger charge is -2.31. The number of halogens is 1. The first-order chi connectivity index (χ1) is 14.7. The van der Waals surface area contributed by atoms with Crippen molar-refractivity contribution in [2.24, 2.45) is 5.92 Å². The number of carbonyl (C=O) groups is 1. The molecule has 3 aromatic heterocycles. The van der Waals surface area contributed by atoms with Gasteiger partial charge in [-0.25, -0.2) is 9.37 Å². The quantitative estimate of drug-likeness (QED) is 0.542. The van der Waals surface area contributed by atoms with Crippen molar-refractivity contribution in [2.45, 2.75) is 12.8 Å². The highest BCUT2D eigenvalue weighted by atomic mass is 32.1. The van der Waals surface area contributed by atoms with Crippen molar-refractivity contribution in [1.29, 1.82) is 0 Å². The van der Waals surface area contributed by atoms with Gasteiger partial charge in [-0.2, -0.15) is 4.52 Å². The van der Waals surface area contributed by atoms with Crippen molar-refractivity contribution in [1.82, 2.24) is 24.8 Å². The van der Waals surface area contributed by atoms with E-state index in [9.17, 15) is 9.18 Å². The van der Waals surface area contributed by atoms with E-state index in [1.54, 1.807) is 23.0 Å². The number of rotatable bonds is 4. The molecule has 10 heteroatoms. The topological polar surface area (TPSA) is 88.3 Å². The fraction of sp³-hybridized carbons (Fsp3) is 0.250. The number of anilines is 2. The SMILES string of the molecule is O=C(Nc1nc(-c2ccc(F)cc2)cs1)C1CCN(c2ccc3nncn3n2)CC1. The monoisotopic (exact) mass is 423 g/mol. The summed E-state index contributed by atoms with van der Waals surface area (Å²) < 4.78 is 14.7. The first-order valence-electron chi connectivity index (χ1n) is 9.60. The molecule has 1 aliphatic rings. The van der Waals surface area contributed by atoms with Crippen LogP contribution in [0.15, 0.2) is 48.1 Å². The van der Waals surface area contributed by atoms with E-state index in [-0.39, 0.29) is 17.6 Å².